The van der Waals surface area contributed by atoms with Gasteiger partial charge in [0.05, 0.1) is 18.7 Å². The van der Waals surface area contributed by atoms with Crippen molar-refractivity contribution in [1.29, 1.82) is 0 Å². The second-order valence-electron chi connectivity index (χ2n) is 10.9. The lowest BCUT2D eigenvalue weighted by molar-refractivity contribution is -0.117. The number of likely N-dealkylation sites (N-methyl/N-ethyl adjacent to an activating group) is 1. The normalized spacial score (nSPS) is 15.0. The van der Waals surface area contributed by atoms with Crippen molar-refractivity contribution >= 4 is 55.7 Å². The first-order chi connectivity index (χ1) is 20.0. The van der Waals surface area contributed by atoms with Crippen LogP contribution in [0.4, 0.5) is 17.3 Å². The van der Waals surface area contributed by atoms with Crippen LogP contribution in [0, 0.1) is 0 Å². The first-order valence-corrected chi connectivity index (χ1v) is 14.8. The Bertz CT molecular complexity index is 1900. The number of nitrogens with zero attached hydrogens (tertiary/aromatic N) is 6. The number of rotatable bonds is 5. The van der Waals surface area contributed by atoms with Crippen LogP contribution < -0.4 is 15.8 Å². The number of carbonyl (C=O) groups excluding carboxylic acids is 1. The van der Waals surface area contributed by atoms with E-state index in [1.807, 2.05) is 33.9 Å². The van der Waals surface area contributed by atoms with Gasteiger partial charge in [0.1, 0.15) is 5.39 Å². The number of amides is 1. The van der Waals surface area contributed by atoms with Crippen LogP contribution >= 0.6 is 11.3 Å². The van der Waals surface area contributed by atoms with Crippen LogP contribution in [0.3, 0.4) is 0 Å². The van der Waals surface area contributed by atoms with Crippen molar-refractivity contribution in [3.05, 3.63) is 81.6 Å². The summed E-state index contributed by atoms with van der Waals surface area (Å²) < 4.78 is 4.76. The molecule has 41 heavy (non-hydrogen) atoms. The molecule has 9 nitrogen and oxygen atoms in total. The van der Waals surface area contributed by atoms with Crippen molar-refractivity contribution in [1.82, 2.24) is 24.2 Å². The number of aromatic nitrogens is 4. The summed E-state index contributed by atoms with van der Waals surface area (Å²) >= 11 is 1.74. The van der Waals surface area contributed by atoms with Gasteiger partial charge in [-0.2, -0.15) is 4.98 Å². The van der Waals surface area contributed by atoms with Gasteiger partial charge in [-0.25, -0.2) is 14.3 Å². The van der Waals surface area contributed by atoms with E-state index in [-0.39, 0.29) is 11.5 Å². The Labute approximate surface area is 241 Å². The minimum Gasteiger partial charge on any atom is -0.324 e. The first-order valence-electron chi connectivity index (χ1n) is 14.0. The summed E-state index contributed by atoms with van der Waals surface area (Å²) in [6.45, 7) is 2.11. The molecular formula is C31H31N7O2S. The maximum absolute atomic E-state index is 13.5. The molecule has 2 aliphatic heterocycles. The molecule has 0 saturated carbocycles. The predicted octanol–water partition coefficient (Wildman–Crippen LogP) is 4.88. The third kappa shape index (κ3) is 4.62. The molecule has 3 aromatic heterocycles. The molecule has 208 valence electrons. The van der Waals surface area contributed by atoms with Crippen molar-refractivity contribution < 1.29 is 4.79 Å². The lowest BCUT2D eigenvalue weighted by Crippen LogP contribution is -2.28. The maximum atomic E-state index is 13.5. The van der Waals surface area contributed by atoms with Crippen LogP contribution in [0.5, 0.6) is 0 Å². The van der Waals surface area contributed by atoms with E-state index in [4.69, 9.17) is 4.98 Å². The molecule has 10 heteroatoms. The molecule has 5 aromatic rings. The molecule has 2 aliphatic rings. The Balaban J connectivity index is 1.29. The minimum atomic E-state index is -0.146. The molecule has 0 unspecified atom stereocenters. The van der Waals surface area contributed by atoms with Crippen molar-refractivity contribution in [3.8, 4) is 5.69 Å². The van der Waals surface area contributed by atoms with E-state index in [2.05, 4.69) is 59.0 Å². The average Bonchev–Trinajstić information content (AvgIpc) is 3.59. The minimum absolute atomic E-state index is 0.120. The lowest BCUT2D eigenvalue weighted by Gasteiger charge is -2.19. The monoisotopic (exact) mass is 565 g/mol. The molecular weight excluding hydrogens is 534 g/mol. The molecule has 0 aliphatic carbocycles. The van der Waals surface area contributed by atoms with Gasteiger partial charge < -0.3 is 15.1 Å². The number of anilines is 3. The number of fused-ring (bicyclic) bond motifs is 6. The summed E-state index contributed by atoms with van der Waals surface area (Å²) in [7, 11) is 4.19. The second kappa shape index (κ2) is 10.3. The van der Waals surface area contributed by atoms with Crippen molar-refractivity contribution in [2.45, 2.75) is 32.2 Å². The van der Waals surface area contributed by atoms with Gasteiger partial charge in [0.15, 0.2) is 5.65 Å². The number of benzene rings is 2. The Kier molecular flexibility index (Phi) is 6.44. The zero-order valence-corrected chi connectivity index (χ0v) is 23.9. The summed E-state index contributed by atoms with van der Waals surface area (Å²) in [5.41, 5.74) is 5.35. The molecule has 5 heterocycles. The van der Waals surface area contributed by atoms with E-state index < -0.39 is 0 Å². The molecule has 0 atom stereocenters. The van der Waals surface area contributed by atoms with Crippen LogP contribution in [-0.2, 0) is 24.2 Å². The SMILES string of the molecule is CN(C)CCc1csc2cc(Nc3ncc4c(=O)n5n(c4n3)-c3ccc4c(c3)N(CCCC=CC5)C(=O)C4)ccc12. The second-order valence-corrected chi connectivity index (χ2v) is 11.8. The molecule has 1 amide bonds. The van der Waals surface area contributed by atoms with Gasteiger partial charge in [-0.3, -0.25) is 9.59 Å². The van der Waals surface area contributed by atoms with E-state index >= 15 is 0 Å². The van der Waals surface area contributed by atoms with Gasteiger partial charge in [-0.15, -0.1) is 11.3 Å². The van der Waals surface area contributed by atoms with Gasteiger partial charge in [-0.05, 0) is 79.5 Å². The highest BCUT2D eigenvalue weighted by atomic mass is 32.1. The molecule has 0 fully saturated rings. The predicted molar refractivity (Wildman–Crippen MR) is 165 cm³/mol. The molecule has 0 spiro atoms. The molecule has 0 radical (unpaired) electrons. The van der Waals surface area contributed by atoms with Crippen LogP contribution in [0.25, 0.3) is 26.8 Å². The van der Waals surface area contributed by atoms with E-state index in [1.54, 1.807) is 22.2 Å². The third-order valence-corrected chi connectivity index (χ3v) is 8.85. The number of allylic oxidation sites excluding steroid dienone is 2. The molecule has 7 rings (SSSR count). The summed E-state index contributed by atoms with van der Waals surface area (Å²) in [4.78, 5) is 39.7. The fourth-order valence-corrected chi connectivity index (χ4v) is 6.76. The largest absolute Gasteiger partial charge is 0.324 e. The summed E-state index contributed by atoms with van der Waals surface area (Å²) in [5.74, 6) is 0.538. The van der Waals surface area contributed by atoms with Gasteiger partial charge in [-0.1, -0.05) is 24.3 Å². The zero-order chi connectivity index (χ0) is 28.1. The average molecular weight is 566 g/mol. The quantitative estimate of drug-likeness (QED) is 0.306. The topological polar surface area (TPSA) is 88.3 Å². The number of carbonyl (C=O) groups is 1. The van der Waals surface area contributed by atoms with E-state index in [9.17, 15) is 9.59 Å². The fourth-order valence-electron chi connectivity index (χ4n) is 5.73. The maximum Gasteiger partial charge on any atom is 0.278 e. The van der Waals surface area contributed by atoms with Gasteiger partial charge in [0, 0.05) is 35.4 Å². The molecule has 2 aromatic carbocycles. The summed E-state index contributed by atoms with van der Waals surface area (Å²) in [6, 6.07) is 12.3. The van der Waals surface area contributed by atoms with Crippen LogP contribution in [0.1, 0.15) is 24.0 Å². The van der Waals surface area contributed by atoms with Crippen LogP contribution in [-0.4, -0.2) is 57.3 Å². The van der Waals surface area contributed by atoms with Crippen molar-refractivity contribution in [2.24, 2.45) is 0 Å². The third-order valence-electron chi connectivity index (χ3n) is 7.86. The Hall–Kier alpha value is -4.28. The number of hydrogen-bond donors (Lipinski definition) is 1. The Morgan fingerprint density at radius 2 is 1.98 bits per heavy atom. The molecule has 1 N–H and O–H groups in total. The highest BCUT2D eigenvalue weighted by Crippen LogP contribution is 2.33. The standard InChI is InChI=1S/C31H31N7O2S/c1-35(2)14-11-21-19-41-27-16-22(8-10-24(21)27)33-31-32-18-25-29(34-31)38-23-9-7-20-15-28(39)36(26(20)17-23)12-5-3-4-6-13-37(38)30(25)40/h4,6-10,16-19H,3,5,11-15H2,1-2H3,(H,32,33,34). The van der Waals surface area contributed by atoms with Crippen LogP contribution in [0.2, 0.25) is 0 Å². The zero-order valence-electron chi connectivity index (χ0n) is 23.1. The number of nitrogens with one attached hydrogen (secondary N) is 1. The van der Waals surface area contributed by atoms with E-state index in [0.717, 1.165) is 48.4 Å². The molecule has 2 bridgehead atoms. The highest BCUT2D eigenvalue weighted by Gasteiger charge is 2.28. The smallest absolute Gasteiger partial charge is 0.278 e. The highest BCUT2D eigenvalue weighted by molar-refractivity contribution is 7.17. The van der Waals surface area contributed by atoms with Gasteiger partial charge in [0.25, 0.3) is 5.56 Å². The fraction of sp³-hybridized carbons (Fsp3) is 0.290. The Morgan fingerprint density at radius 1 is 1.07 bits per heavy atom. The van der Waals surface area contributed by atoms with Crippen molar-refractivity contribution in [2.75, 3.05) is 37.4 Å². The number of thiophene rings is 1. The van der Waals surface area contributed by atoms with E-state index in [0.29, 0.717) is 36.5 Å². The Morgan fingerprint density at radius 3 is 2.85 bits per heavy atom. The number of hydrogen-bond acceptors (Lipinski definition) is 7. The van der Waals surface area contributed by atoms with Crippen molar-refractivity contribution in [3.63, 3.8) is 0 Å². The van der Waals surface area contributed by atoms with E-state index in [1.165, 1.54) is 15.6 Å². The molecule has 0 saturated heterocycles. The lowest BCUT2D eigenvalue weighted by atomic mass is 10.1. The van der Waals surface area contributed by atoms with Crippen LogP contribution in [0.15, 0.2) is 64.9 Å². The first kappa shape index (κ1) is 25.7. The van der Waals surface area contributed by atoms with Gasteiger partial charge >= 0.3 is 0 Å². The summed E-state index contributed by atoms with van der Waals surface area (Å²) in [5, 5.41) is 7.32. The van der Waals surface area contributed by atoms with Gasteiger partial charge in [0.2, 0.25) is 11.9 Å². The summed E-state index contributed by atoms with van der Waals surface area (Å²) in [6.07, 6.45) is 8.83.